The molecule has 0 saturated carbocycles. The summed E-state index contributed by atoms with van der Waals surface area (Å²) >= 11 is 0. The van der Waals surface area contributed by atoms with E-state index in [1.807, 2.05) is 4.90 Å². The van der Waals surface area contributed by atoms with Gasteiger partial charge in [0.25, 0.3) is 0 Å². The number of aliphatic carboxylic acids is 1. The molecule has 8 heteroatoms. The van der Waals surface area contributed by atoms with Crippen LogP contribution >= 0.6 is 0 Å². The molecule has 0 unspecified atom stereocenters. The molecule has 2 aliphatic heterocycles. The molecule has 2 fully saturated rings. The number of hydrogen-bond donors (Lipinski definition) is 2. The number of piperidine rings is 1. The molecule has 0 spiro atoms. The zero-order valence-electron chi connectivity index (χ0n) is 12.0. The summed E-state index contributed by atoms with van der Waals surface area (Å²) in [5.41, 5.74) is 5.28. The van der Waals surface area contributed by atoms with Crippen LogP contribution in [0.15, 0.2) is 0 Å². The van der Waals surface area contributed by atoms with Crippen LogP contribution < -0.4 is 5.73 Å². The number of rotatable bonds is 3. The van der Waals surface area contributed by atoms with Gasteiger partial charge >= 0.3 is 12.0 Å². The van der Waals surface area contributed by atoms with Gasteiger partial charge in [0.2, 0.25) is 5.91 Å². The number of urea groups is 1. The van der Waals surface area contributed by atoms with E-state index in [4.69, 9.17) is 10.8 Å². The molecule has 0 aromatic heterocycles. The smallest absolute Gasteiger partial charge is 0.320 e. The average Bonchev–Trinajstić information content (AvgIpc) is 2.47. The average molecular weight is 298 g/mol. The van der Waals surface area contributed by atoms with Gasteiger partial charge in [0.05, 0.1) is 6.54 Å². The van der Waals surface area contributed by atoms with Crippen molar-refractivity contribution < 1.29 is 19.5 Å². The van der Waals surface area contributed by atoms with Gasteiger partial charge in [-0.05, 0) is 12.8 Å². The zero-order valence-corrected chi connectivity index (χ0v) is 12.0. The van der Waals surface area contributed by atoms with Gasteiger partial charge in [-0.1, -0.05) is 0 Å². The number of amides is 3. The first-order valence-corrected chi connectivity index (χ1v) is 7.24. The summed E-state index contributed by atoms with van der Waals surface area (Å²) in [5, 5.41) is 8.75. The molecule has 0 aliphatic carbocycles. The second kappa shape index (κ2) is 6.75. The number of primary amides is 1. The summed E-state index contributed by atoms with van der Waals surface area (Å²) in [5.74, 6) is -1.26. The Labute approximate surface area is 123 Å². The first-order chi connectivity index (χ1) is 9.97. The monoisotopic (exact) mass is 298 g/mol. The van der Waals surface area contributed by atoms with Crippen LogP contribution in [0, 0.1) is 5.92 Å². The SMILES string of the molecule is NC(=O)C1CCN(C(=O)N2CCN(CC(=O)O)CC2)CC1. The van der Waals surface area contributed by atoms with Crippen LogP contribution in [0.2, 0.25) is 0 Å². The van der Waals surface area contributed by atoms with E-state index in [0.717, 1.165) is 0 Å². The van der Waals surface area contributed by atoms with E-state index >= 15 is 0 Å². The van der Waals surface area contributed by atoms with Gasteiger partial charge < -0.3 is 20.6 Å². The summed E-state index contributed by atoms with van der Waals surface area (Å²) in [4.78, 5) is 39.5. The lowest BCUT2D eigenvalue weighted by Crippen LogP contribution is -2.55. The predicted octanol–water partition coefficient (Wildman–Crippen LogP) is -0.994. The predicted molar refractivity (Wildman–Crippen MR) is 74.5 cm³/mol. The normalized spacial score (nSPS) is 21.3. The van der Waals surface area contributed by atoms with Crippen molar-refractivity contribution in [2.45, 2.75) is 12.8 Å². The Kier molecular flexibility index (Phi) is 5.00. The van der Waals surface area contributed by atoms with Gasteiger partial charge in [0.15, 0.2) is 0 Å². The van der Waals surface area contributed by atoms with Crippen molar-refractivity contribution in [3.63, 3.8) is 0 Å². The highest BCUT2D eigenvalue weighted by Gasteiger charge is 2.30. The highest BCUT2D eigenvalue weighted by Crippen LogP contribution is 2.18. The van der Waals surface area contributed by atoms with E-state index in [0.29, 0.717) is 52.1 Å². The molecule has 8 nitrogen and oxygen atoms in total. The Balaban J connectivity index is 1.77. The van der Waals surface area contributed by atoms with Gasteiger partial charge in [-0.2, -0.15) is 0 Å². The van der Waals surface area contributed by atoms with Crippen molar-refractivity contribution in [1.82, 2.24) is 14.7 Å². The summed E-state index contributed by atoms with van der Waals surface area (Å²) in [6, 6.07) is -0.0205. The molecule has 0 aromatic rings. The first-order valence-electron chi connectivity index (χ1n) is 7.24. The first kappa shape index (κ1) is 15.6. The molecule has 118 valence electrons. The third kappa shape index (κ3) is 4.07. The van der Waals surface area contributed by atoms with E-state index in [9.17, 15) is 14.4 Å². The third-order valence-electron chi connectivity index (χ3n) is 4.17. The number of nitrogens with two attached hydrogens (primary N) is 1. The maximum absolute atomic E-state index is 12.4. The van der Waals surface area contributed by atoms with Crippen LogP contribution in [0.3, 0.4) is 0 Å². The van der Waals surface area contributed by atoms with Crippen molar-refractivity contribution in [3.05, 3.63) is 0 Å². The lowest BCUT2D eigenvalue weighted by Gasteiger charge is -2.39. The Morgan fingerprint density at radius 3 is 1.95 bits per heavy atom. The number of nitrogens with zero attached hydrogens (tertiary/aromatic N) is 3. The van der Waals surface area contributed by atoms with Gasteiger partial charge in [-0.25, -0.2) is 4.79 Å². The zero-order chi connectivity index (χ0) is 15.4. The Hall–Kier alpha value is -1.83. The highest BCUT2D eigenvalue weighted by atomic mass is 16.4. The van der Waals surface area contributed by atoms with Crippen LogP contribution in [0.4, 0.5) is 4.79 Å². The minimum Gasteiger partial charge on any atom is -0.480 e. The molecule has 0 atom stereocenters. The minimum absolute atomic E-state index is 0.0199. The van der Waals surface area contributed by atoms with Gasteiger partial charge in [-0.3, -0.25) is 14.5 Å². The maximum atomic E-state index is 12.4. The lowest BCUT2D eigenvalue weighted by molar-refractivity contribution is -0.138. The number of likely N-dealkylation sites (tertiary alicyclic amines) is 1. The lowest BCUT2D eigenvalue weighted by atomic mass is 9.96. The molecule has 2 aliphatic rings. The van der Waals surface area contributed by atoms with Crippen molar-refractivity contribution in [1.29, 1.82) is 0 Å². The maximum Gasteiger partial charge on any atom is 0.320 e. The van der Waals surface area contributed by atoms with E-state index in [1.165, 1.54) is 0 Å². The van der Waals surface area contributed by atoms with Crippen LogP contribution in [0.25, 0.3) is 0 Å². The van der Waals surface area contributed by atoms with E-state index in [1.54, 1.807) is 9.80 Å². The van der Waals surface area contributed by atoms with Crippen LogP contribution in [0.5, 0.6) is 0 Å². The quantitative estimate of drug-likeness (QED) is 0.695. The summed E-state index contributed by atoms with van der Waals surface area (Å²) in [6.45, 7) is 3.38. The van der Waals surface area contributed by atoms with Gasteiger partial charge in [-0.15, -0.1) is 0 Å². The van der Waals surface area contributed by atoms with Crippen LogP contribution in [0.1, 0.15) is 12.8 Å². The molecule has 3 N–H and O–H groups in total. The molecule has 2 rings (SSSR count). The van der Waals surface area contributed by atoms with E-state index in [-0.39, 0.29) is 24.4 Å². The molecule has 0 bridgehead atoms. The molecular formula is C13H22N4O4. The highest BCUT2D eigenvalue weighted by molar-refractivity contribution is 5.78. The Morgan fingerprint density at radius 2 is 1.48 bits per heavy atom. The number of carbonyl (C=O) groups excluding carboxylic acids is 2. The number of hydrogen-bond acceptors (Lipinski definition) is 4. The summed E-state index contributed by atoms with van der Waals surface area (Å²) in [6.07, 6.45) is 1.25. The van der Waals surface area contributed by atoms with Crippen LogP contribution in [-0.4, -0.2) is 83.5 Å². The molecule has 2 saturated heterocycles. The topological polar surface area (TPSA) is 107 Å². The third-order valence-corrected chi connectivity index (χ3v) is 4.17. The Morgan fingerprint density at radius 1 is 0.952 bits per heavy atom. The number of carboxylic acids is 1. The molecule has 0 radical (unpaired) electrons. The minimum atomic E-state index is -0.844. The van der Waals surface area contributed by atoms with E-state index in [2.05, 4.69) is 0 Å². The number of carboxylic acid groups (broad SMARTS) is 1. The fourth-order valence-corrected chi connectivity index (χ4v) is 2.84. The number of carbonyl (C=O) groups is 3. The summed E-state index contributed by atoms with van der Waals surface area (Å²) < 4.78 is 0. The standard InChI is InChI=1S/C13H22N4O4/c14-12(20)10-1-3-16(4-2-10)13(21)17-7-5-15(6-8-17)9-11(18)19/h10H,1-9H2,(H2,14,20)(H,18,19). The van der Waals surface area contributed by atoms with Crippen molar-refractivity contribution in [2.24, 2.45) is 11.7 Å². The Bertz CT molecular complexity index is 412. The second-order valence-corrected chi connectivity index (χ2v) is 5.60. The van der Waals surface area contributed by atoms with Crippen molar-refractivity contribution in [2.75, 3.05) is 45.8 Å². The fraction of sp³-hybridized carbons (Fsp3) is 0.769. The largest absolute Gasteiger partial charge is 0.480 e. The van der Waals surface area contributed by atoms with E-state index < -0.39 is 5.97 Å². The second-order valence-electron chi connectivity index (χ2n) is 5.60. The molecular weight excluding hydrogens is 276 g/mol. The molecule has 0 aromatic carbocycles. The number of piperazine rings is 1. The van der Waals surface area contributed by atoms with Crippen molar-refractivity contribution >= 4 is 17.9 Å². The van der Waals surface area contributed by atoms with Gasteiger partial charge in [0, 0.05) is 45.2 Å². The molecule has 21 heavy (non-hydrogen) atoms. The van der Waals surface area contributed by atoms with Crippen LogP contribution in [-0.2, 0) is 9.59 Å². The summed E-state index contributed by atoms with van der Waals surface area (Å²) in [7, 11) is 0. The molecule has 2 heterocycles. The van der Waals surface area contributed by atoms with Gasteiger partial charge in [0.1, 0.15) is 0 Å². The van der Waals surface area contributed by atoms with Crippen molar-refractivity contribution in [3.8, 4) is 0 Å². The molecule has 3 amide bonds. The fourth-order valence-electron chi connectivity index (χ4n) is 2.84.